The first-order chi connectivity index (χ1) is 13.1. The molecule has 3 rings (SSSR count). The number of carbonyl (C=O) groups is 2. The normalized spacial score (nSPS) is 10.3. The number of nitrogens with one attached hydrogen (secondary N) is 2. The van der Waals surface area contributed by atoms with Crippen LogP contribution in [0.2, 0.25) is 5.02 Å². The van der Waals surface area contributed by atoms with E-state index in [9.17, 15) is 9.59 Å². The van der Waals surface area contributed by atoms with Gasteiger partial charge < -0.3 is 19.8 Å². The molecular weight excluding hydrogens is 372 g/mol. The van der Waals surface area contributed by atoms with E-state index in [0.29, 0.717) is 27.9 Å². The molecule has 0 saturated heterocycles. The maximum Gasteiger partial charge on any atom is 0.337 e. The van der Waals surface area contributed by atoms with Crippen molar-refractivity contribution in [3.05, 3.63) is 71.0 Å². The van der Waals surface area contributed by atoms with Crippen LogP contribution in [0.5, 0.6) is 0 Å². The molecule has 0 radical (unpaired) electrons. The van der Waals surface area contributed by atoms with Gasteiger partial charge in [-0.2, -0.15) is 0 Å². The fourth-order valence-electron chi connectivity index (χ4n) is 2.22. The molecule has 0 aliphatic rings. The summed E-state index contributed by atoms with van der Waals surface area (Å²) in [7, 11) is 1.29. The predicted octanol–water partition coefficient (Wildman–Crippen LogP) is 3.18. The minimum absolute atomic E-state index is 0.166. The lowest BCUT2D eigenvalue weighted by atomic mass is 10.2. The Hall–Kier alpha value is -3.39. The van der Waals surface area contributed by atoms with E-state index in [-0.39, 0.29) is 18.1 Å². The molecule has 2 heterocycles. The minimum atomic E-state index is -0.490. The Kier molecular flexibility index (Phi) is 5.68. The first-order valence-corrected chi connectivity index (χ1v) is 8.22. The summed E-state index contributed by atoms with van der Waals surface area (Å²) in [6.45, 7) is 0.242. The van der Waals surface area contributed by atoms with Gasteiger partial charge in [0.2, 0.25) is 0 Å². The van der Waals surface area contributed by atoms with Gasteiger partial charge in [-0.05, 0) is 30.3 Å². The Morgan fingerprint density at radius 3 is 2.81 bits per heavy atom. The van der Waals surface area contributed by atoms with Gasteiger partial charge in [-0.3, -0.25) is 4.79 Å². The van der Waals surface area contributed by atoms with Crippen LogP contribution in [0.4, 0.5) is 11.5 Å². The molecule has 0 aliphatic carbocycles. The summed E-state index contributed by atoms with van der Waals surface area (Å²) in [6.07, 6.45) is 2.78. The fraction of sp³-hybridized carbons (Fsp3) is 0.111. The molecule has 0 bridgehead atoms. The van der Waals surface area contributed by atoms with Gasteiger partial charge in [-0.15, -0.1) is 0 Å². The quantitative estimate of drug-likeness (QED) is 0.626. The van der Waals surface area contributed by atoms with Crippen molar-refractivity contribution in [2.45, 2.75) is 6.54 Å². The van der Waals surface area contributed by atoms with E-state index in [1.165, 1.54) is 31.8 Å². The van der Waals surface area contributed by atoms with Crippen molar-refractivity contribution in [2.24, 2.45) is 0 Å². The van der Waals surface area contributed by atoms with E-state index in [0.717, 1.165) is 0 Å². The maximum absolute atomic E-state index is 12.2. The van der Waals surface area contributed by atoms with Crippen molar-refractivity contribution >= 4 is 35.0 Å². The van der Waals surface area contributed by atoms with Crippen LogP contribution >= 0.6 is 11.6 Å². The molecule has 1 aromatic carbocycles. The van der Waals surface area contributed by atoms with Crippen LogP contribution in [0.15, 0.2) is 53.4 Å². The van der Waals surface area contributed by atoms with E-state index in [4.69, 9.17) is 20.8 Å². The lowest BCUT2D eigenvalue weighted by Gasteiger charge is -2.10. The molecule has 8 nitrogen and oxygen atoms in total. The number of halogens is 1. The van der Waals surface area contributed by atoms with Crippen LogP contribution in [0.3, 0.4) is 0 Å². The number of methoxy groups -OCH3 is 1. The standard InChI is InChI=1S/C18H15ClN4O4/c1-26-18(25)11-4-5-13(19)14(7-11)23-16-8-15(21-10-22-16)17(24)20-9-12-3-2-6-27-12/h2-8,10H,9H2,1H3,(H,20,24)(H,21,22,23). The van der Waals surface area contributed by atoms with Crippen molar-refractivity contribution < 1.29 is 18.7 Å². The van der Waals surface area contributed by atoms with Crippen molar-refractivity contribution in [1.29, 1.82) is 0 Å². The van der Waals surface area contributed by atoms with E-state index in [2.05, 4.69) is 20.6 Å². The highest BCUT2D eigenvalue weighted by Gasteiger charge is 2.12. The van der Waals surface area contributed by atoms with Crippen LogP contribution in [-0.4, -0.2) is 29.0 Å². The molecule has 0 saturated carbocycles. The molecule has 0 aliphatic heterocycles. The number of furan rings is 1. The Balaban J connectivity index is 1.74. The number of hydrogen-bond donors (Lipinski definition) is 2. The first-order valence-electron chi connectivity index (χ1n) is 7.84. The third-order valence-electron chi connectivity index (χ3n) is 3.55. The van der Waals surface area contributed by atoms with Gasteiger partial charge >= 0.3 is 5.97 Å². The molecule has 0 atom stereocenters. The SMILES string of the molecule is COC(=O)c1ccc(Cl)c(Nc2cc(C(=O)NCc3ccco3)ncn2)c1. The largest absolute Gasteiger partial charge is 0.467 e. The molecule has 0 spiro atoms. The monoisotopic (exact) mass is 386 g/mol. The van der Waals surface area contributed by atoms with Crippen molar-refractivity contribution in [3.63, 3.8) is 0 Å². The van der Waals surface area contributed by atoms with Gasteiger partial charge in [-0.25, -0.2) is 14.8 Å². The first kappa shape index (κ1) is 18.4. The molecule has 2 N–H and O–H groups in total. The number of nitrogens with zero attached hydrogens (tertiary/aromatic N) is 2. The fourth-order valence-corrected chi connectivity index (χ4v) is 2.39. The Bertz CT molecular complexity index is 960. The highest BCUT2D eigenvalue weighted by molar-refractivity contribution is 6.33. The summed E-state index contributed by atoms with van der Waals surface area (Å²) >= 11 is 6.16. The summed E-state index contributed by atoms with van der Waals surface area (Å²) < 4.78 is 9.86. The van der Waals surface area contributed by atoms with Crippen molar-refractivity contribution in [3.8, 4) is 0 Å². The van der Waals surface area contributed by atoms with Gasteiger partial charge in [0.1, 0.15) is 23.6 Å². The second-order valence-electron chi connectivity index (χ2n) is 5.36. The second kappa shape index (κ2) is 8.33. The lowest BCUT2D eigenvalue weighted by Crippen LogP contribution is -2.23. The number of anilines is 2. The number of ether oxygens (including phenoxy) is 1. The molecule has 0 unspecified atom stereocenters. The van der Waals surface area contributed by atoms with E-state index >= 15 is 0 Å². The summed E-state index contributed by atoms with van der Waals surface area (Å²) in [4.78, 5) is 31.9. The smallest absolute Gasteiger partial charge is 0.337 e. The molecule has 2 aromatic heterocycles. The zero-order valence-electron chi connectivity index (χ0n) is 14.2. The number of aromatic nitrogens is 2. The third-order valence-corrected chi connectivity index (χ3v) is 3.88. The molecule has 3 aromatic rings. The van der Waals surface area contributed by atoms with Gasteiger partial charge in [-0.1, -0.05) is 11.6 Å². The zero-order chi connectivity index (χ0) is 19.2. The Morgan fingerprint density at radius 2 is 2.07 bits per heavy atom. The number of rotatable bonds is 6. The van der Waals surface area contributed by atoms with Crippen molar-refractivity contribution in [1.82, 2.24) is 15.3 Å². The summed E-state index contributed by atoms with van der Waals surface area (Å²) in [5.74, 6) is 0.0980. The summed E-state index contributed by atoms with van der Waals surface area (Å²) in [5.41, 5.74) is 0.939. The molecule has 0 fully saturated rings. The van der Waals surface area contributed by atoms with E-state index in [1.54, 1.807) is 24.3 Å². The third kappa shape index (κ3) is 4.62. The number of carbonyl (C=O) groups excluding carboxylic acids is 2. The highest BCUT2D eigenvalue weighted by Crippen LogP contribution is 2.26. The average molecular weight is 387 g/mol. The molecular formula is C18H15ClN4O4. The molecule has 1 amide bonds. The molecule has 9 heteroatoms. The number of benzene rings is 1. The highest BCUT2D eigenvalue weighted by atomic mass is 35.5. The topological polar surface area (TPSA) is 106 Å². The van der Waals surface area contributed by atoms with Crippen LogP contribution in [0.1, 0.15) is 26.6 Å². The zero-order valence-corrected chi connectivity index (χ0v) is 15.0. The lowest BCUT2D eigenvalue weighted by molar-refractivity contribution is 0.0600. The van der Waals surface area contributed by atoms with Crippen LogP contribution < -0.4 is 10.6 Å². The van der Waals surface area contributed by atoms with Crippen LogP contribution in [0.25, 0.3) is 0 Å². The molecule has 138 valence electrons. The summed E-state index contributed by atoms with van der Waals surface area (Å²) in [5, 5.41) is 6.04. The van der Waals surface area contributed by atoms with Gasteiger partial charge in [0.05, 0.1) is 36.2 Å². The molecule has 27 heavy (non-hydrogen) atoms. The van der Waals surface area contributed by atoms with Gasteiger partial charge in [0, 0.05) is 6.07 Å². The van der Waals surface area contributed by atoms with Crippen LogP contribution in [0, 0.1) is 0 Å². The van der Waals surface area contributed by atoms with Gasteiger partial charge in [0.15, 0.2) is 0 Å². The van der Waals surface area contributed by atoms with E-state index < -0.39 is 5.97 Å². The van der Waals surface area contributed by atoms with E-state index in [1.807, 2.05) is 0 Å². The number of esters is 1. The number of amides is 1. The predicted molar refractivity (Wildman–Crippen MR) is 98.0 cm³/mol. The number of hydrogen-bond acceptors (Lipinski definition) is 7. The minimum Gasteiger partial charge on any atom is -0.467 e. The Labute approximate surface area is 159 Å². The second-order valence-corrected chi connectivity index (χ2v) is 5.77. The average Bonchev–Trinajstić information content (AvgIpc) is 3.21. The van der Waals surface area contributed by atoms with Crippen LogP contribution in [-0.2, 0) is 11.3 Å². The Morgan fingerprint density at radius 1 is 1.22 bits per heavy atom. The summed E-state index contributed by atoms with van der Waals surface area (Å²) in [6, 6.07) is 9.61. The van der Waals surface area contributed by atoms with Gasteiger partial charge in [0.25, 0.3) is 5.91 Å². The maximum atomic E-state index is 12.2. The van der Waals surface area contributed by atoms with Crippen molar-refractivity contribution in [2.75, 3.05) is 12.4 Å².